The maximum atomic E-state index is 12.6. The Labute approximate surface area is 163 Å². The van der Waals surface area contributed by atoms with E-state index in [0.717, 1.165) is 22.8 Å². The SMILES string of the molecule is Cc1nn(-c2ccccn2)c(C)c1CCNC(=O)c1cccc2c1OCCO2. The number of carbonyl (C=O) groups is 1. The van der Waals surface area contributed by atoms with E-state index in [1.54, 1.807) is 18.3 Å². The Morgan fingerprint density at radius 2 is 2.00 bits per heavy atom. The minimum atomic E-state index is -0.172. The van der Waals surface area contributed by atoms with Gasteiger partial charge in [-0.25, -0.2) is 9.67 Å². The summed E-state index contributed by atoms with van der Waals surface area (Å²) in [5.74, 6) is 1.74. The molecule has 0 bridgehead atoms. The van der Waals surface area contributed by atoms with Crippen molar-refractivity contribution in [1.29, 1.82) is 0 Å². The van der Waals surface area contributed by atoms with E-state index in [9.17, 15) is 4.79 Å². The van der Waals surface area contributed by atoms with E-state index in [1.165, 1.54) is 0 Å². The third-order valence-corrected chi connectivity index (χ3v) is 4.78. The molecule has 144 valence electrons. The van der Waals surface area contributed by atoms with Gasteiger partial charge in [0.2, 0.25) is 0 Å². The molecule has 1 aliphatic heterocycles. The molecule has 0 unspecified atom stereocenters. The molecule has 0 spiro atoms. The quantitative estimate of drug-likeness (QED) is 0.738. The average molecular weight is 378 g/mol. The predicted octanol–water partition coefficient (Wildman–Crippen LogP) is 2.63. The summed E-state index contributed by atoms with van der Waals surface area (Å²) in [4.78, 5) is 17.0. The summed E-state index contributed by atoms with van der Waals surface area (Å²) in [6.07, 6.45) is 2.43. The number of aryl methyl sites for hydroxylation is 1. The molecule has 0 saturated carbocycles. The monoisotopic (exact) mass is 378 g/mol. The fraction of sp³-hybridized carbons (Fsp3) is 0.286. The minimum absolute atomic E-state index is 0.172. The number of hydrogen-bond acceptors (Lipinski definition) is 5. The lowest BCUT2D eigenvalue weighted by Crippen LogP contribution is -2.27. The molecule has 2 aromatic heterocycles. The number of ether oxygens (including phenoxy) is 2. The van der Waals surface area contributed by atoms with Gasteiger partial charge in [0.1, 0.15) is 13.2 Å². The highest BCUT2D eigenvalue weighted by molar-refractivity contribution is 5.97. The summed E-state index contributed by atoms with van der Waals surface area (Å²) in [5, 5.41) is 7.57. The third-order valence-electron chi connectivity index (χ3n) is 4.78. The molecule has 1 aromatic carbocycles. The Hall–Kier alpha value is -3.35. The Balaban J connectivity index is 1.45. The van der Waals surface area contributed by atoms with Gasteiger partial charge in [-0.15, -0.1) is 0 Å². The topological polar surface area (TPSA) is 78.3 Å². The zero-order chi connectivity index (χ0) is 19.5. The zero-order valence-electron chi connectivity index (χ0n) is 15.9. The van der Waals surface area contributed by atoms with Crippen molar-refractivity contribution in [3.8, 4) is 17.3 Å². The molecule has 1 amide bonds. The summed E-state index contributed by atoms with van der Waals surface area (Å²) < 4.78 is 13.0. The van der Waals surface area contributed by atoms with Gasteiger partial charge in [0.25, 0.3) is 5.91 Å². The normalized spacial score (nSPS) is 12.6. The van der Waals surface area contributed by atoms with Gasteiger partial charge in [0.05, 0.1) is 11.3 Å². The van der Waals surface area contributed by atoms with Crippen molar-refractivity contribution in [2.24, 2.45) is 0 Å². The number of fused-ring (bicyclic) bond motifs is 1. The molecule has 3 aromatic rings. The first-order chi connectivity index (χ1) is 13.6. The molecule has 0 fully saturated rings. The Bertz CT molecular complexity index is 998. The second-order valence-corrected chi connectivity index (χ2v) is 6.58. The van der Waals surface area contributed by atoms with Crippen molar-refractivity contribution >= 4 is 5.91 Å². The molecule has 7 nitrogen and oxygen atoms in total. The van der Waals surface area contributed by atoms with Crippen LogP contribution in [0.25, 0.3) is 5.82 Å². The van der Waals surface area contributed by atoms with E-state index in [4.69, 9.17) is 9.47 Å². The molecule has 1 aliphatic rings. The molecular weight excluding hydrogens is 356 g/mol. The average Bonchev–Trinajstić information content (AvgIpc) is 3.02. The van der Waals surface area contributed by atoms with Gasteiger partial charge in [-0.1, -0.05) is 12.1 Å². The Kier molecular flexibility index (Phi) is 4.97. The third kappa shape index (κ3) is 3.43. The van der Waals surface area contributed by atoms with Gasteiger partial charge in [-0.3, -0.25) is 4.79 Å². The molecule has 0 radical (unpaired) electrons. The first-order valence-electron chi connectivity index (χ1n) is 9.28. The van der Waals surface area contributed by atoms with Crippen LogP contribution in [0.3, 0.4) is 0 Å². The molecule has 0 atom stereocenters. The van der Waals surface area contributed by atoms with Crippen molar-refractivity contribution in [3.63, 3.8) is 0 Å². The molecule has 7 heteroatoms. The van der Waals surface area contributed by atoms with Crippen LogP contribution in [0.4, 0.5) is 0 Å². The number of aromatic nitrogens is 3. The smallest absolute Gasteiger partial charge is 0.255 e. The standard InChI is InChI=1S/C21H22N4O3/c1-14-16(15(2)25(24-14)19-8-3-4-10-22-19)9-11-23-21(26)17-6-5-7-18-20(17)28-13-12-27-18/h3-8,10H,9,11-13H2,1-2H3,(H,23,26). The van der Waals surface area contributed by atoms with Gasteiger partial charge in [0, 0.05) is 18.4 Å². The van der Waals surface area contributed by atoms with Gasteiger partial charge in [-0.2, -0.15) is 5.10 Å². The highest BCUT2D eigenvalue weighted by Gasteiger charge is 2.20. The van der Waals surface area contributed by atoms with E-state index in [2.05, 4.69) is 15.4 Å². The second kappa shape index (κ2) is 7.72. The van der Waals surface area contributed by atoms with E-state index < -0.39 is 0 Å². The number of pyridine rings is 1. The molecule has 3 heterocycles. The van der Waals surface area contributed by atoms with Crippen molar-refractivity contribution in [1.82, 2.24) is 20.1 Å². The minimum Gasteiger partial charge on any atom is -0.486 e. The molecule has 4 rings (SSSR count). The first kappa shape index (κ1) is 18.0. The zero-order valence-corrected chi connectivity index (χ0v) is 15.9. The van der Waals surface area contributed by atoms with Crippen molar-refractivity contribution in [2.75, 3.05) is 19.8 Å². The molecule has 0 aliphatic carbocycles. The number of nitrogens with one attached hydrogen (secondary N) is 1. The molecule has 28 heavy (non-hydrogen) atoms. The number of carbonyl (C=O) groups excluding carboxylic acids is 1. The predicted molar refractivity (Wildman–Crippen MR) is 104 cm³/mol. The molecule has 1 N–H and O–H groups in total. The van der Waals surface area contributed by atoms with Gasteiger partial charge in [0.15, 0.2) is 17.3 Å². The maximum Gasteiger partial charge on any atom is 0.255 e. The van der Waals surface area contributed by atoms with E-state index in [1.807, 2.05) is 42.8 Å². The fourth-order valence-corrected chi connectivity index (χ4v) is 3.39. The number of hydrogen-bond donors (Lipinski definition) is 1. The van der Waals surface area contributed by atoms with E-state index in [-0.39, 0.29) is 5.91 Å². The Morgan fingerprint density at radius 3 is 2.82 bits per heavy atom. The van der Waals surface area contributed by atoms with Crippen LogP contribution in [-0.2, 0) is 6.42 Å². The Morgan fingerprint density at radius 1 is 1.14 bits per heavy atom. The van der Waals surface area contributed by atoms with Crippen molar-refractivity contribution in [2.45, 2.75) is 20.3 Å². The highest BCUT2D eigenvalue weighted by atomic mass is 16.6. The first-order valence-corrected chi connectivity index (χ1v) is 9.28. The number of nitrogens with zero attached hydrogens (tertiary/aromatic N) is 3. The number of para-hydroxylation sites is 1. The van der Waals surface area contributed by atoms with Crippen LogP contribution in [0.15, 0.2) is 42.6 Å². The van der Waals surface area contributed by atoms with Gasteiger partial charge >= 0.3 is 0 Å². The number of rotatable bonds is 5. The summed E-state index contributed by atoms with van der Waals surface area (Å²) in [5.41, 5.74) is 3.57. The number of amides is 1. The lowest BCUT2D eigenvalue weighted by Gasteiger charge is -2.20. The molecular formula is C21H22N4O3. The molecule has 0 saturated heterocycles. The lowest BCUT2D eigenvalue weighted by atomic mass is 10.1. The summed E-state index contributed by atoms with van der Waals surface area (Å²) in [7, 11) is 0. The van der Waals surface area contributed by atoms with E-state index in [0.29, 0.717) is 43.2 Å². The van der Waals surface area contributed by atoms with Crippen LogP contribution in [0.2, 0.25) is 0 Å². The summed E-state index contributed by atoms with van der Waals surface area (Å²) in [6.45, 7) is 5.44. The van der Waals surface area contributed by atoms with Crippen LogP contribution < -0.4 is 14.8 Å². The summed E-state index contributed by atoms with van der Waals surface area (Å²) >= 11 is 0. The van der Waals surface area contributed by atoms with Crippen molar-refractivity contribution in [3.05, 3.63) is 65.1 Å². The fourth-order valence-electron chi connectivity index (χ4n) is 3.39. The largest absolute Gasteiger partial charge is 0.486 e. The van der Waals surface area contributed by atoms with Crippen LogP contribution in [0, 0.1) is 13.8 Å². The van der Waals surface area contributed by atoms with Gasteiger partial charge < -0.3 is 14.8 Å². The van der Waals surface area contributed by atoms with Gasteiger partial charge in [-0.05, 0) is 50.1 Å². The second-order valence-electron chi connectivity index (χ2n) is 6.58. The van der Waals surface area contributed by atoms with Crippen LogP contribution in [0.1, 0.15) is 27.3 Å². The maximum absolute atomic E-state index is 12.6. The van der Waals surface area contributed by atoms with Crippen LogP contribution in [-0.4, -0.2) is 40.4 Å². The highest BCUT2D eigenvalue weighted by Crippen LogP contribution is 2.33. The number of benzene rings is 1. The van der Waals surface area contributed by atoms with Crippen LogP contribution in [0.5, 0.6) is 11.5 Å². The van der Waals surface area contributed by atoms with Crippen molar-refractivity contribution < 1.29 is 14.3 Å². The van der Waals surface area contributed by atoms with Crippen LogP contribution >= 0.6 is 0 Å². The lowest BCUT2D eigenvalue weighted by molar-refractivity contribution is 0.0943. The van der Waals surface area contributed by atoms with E-state index >= 15 is 0 Å². The summed E-state index contributed by atoms with van der Waals surface area (Å²) in [6, 6.07) is 11.1.